The predicted octanol–water partition coefficient (Wildman–Crippen LogP) is 1.29. The van der Waals surface area contributed by atoms with E-state index in [1.807, 2.05) is 0 Å². The van der Waals surface area contributed by atoms with Crippen LogP contribution >= 0.6 is 23.2 Å². The van der Waals surface area contributed by atoms with E-state index in [9.17, 15) is 0 Å². The monoisotopic (exact) mass is 252 g/mol. The fraction of sp³-hybridized carbons (Fsp3) is 0. The van der Waals surface area contributed by atoms with Gasteiger partial charge in [0.25, 0.3) is 0 Å². The van der Waals surface area contributed by atoms with Crippen molar-refractivity contribution < 1.29 is 37.8 Å². The summed E-state index contributed by atoms with van der Waals surface area (Å²) in [6, 6.07) is 0. The smallest absolute Gasteiger partial charge is 0.106 e. The van der Waals surface area contributed by atoms with E-state index in [2.05, 4.69) is 16.2 Å². The van der Waals surface area contributed by atoms with Crippen molar-refractivity contribution in [1.82, 2.24) is 9.97 Å². The molecule has 10 heavy (non-hydrogen) atoms. The number of aromatic hydroxyl groups is 1. The van der Waals surface area contributed by atoms with Gasteiger partial charge in [0.1, 0.15) is 5.28 Å². The molecule has 0 atom stereocenters. The van der Waals surface area contributed by atoms with Gasteiger partial charge in [0, 0.05) is 32.7 Å². The second kappa shape index (κ2) is 4.44. The van der Waals surface area contributed by atoms with Crippen molar-refractivity contribution in [2.24, 2.45) is 0 Å². The Morgan fingerprint density at radius 1 is 1.40 bits per heavy atom. The standard InChI is InChI=1S/C4HCl2N2O.Y/c5-3-2(9)1-7-4(6)8-3;/h9H;/q-1;. The number of hydrogen-bond acceptors (Lipinski definition) is 3. The van der Waals surface area contributed by atoms with Crippen molar-refractivity contribution in [2.45, 2.75) is 0 Å². The maximum absolute atomic E-state index is 8.67. The maximum atomic E-state index is 8.67. The fourth-order valence-corrected chi connectivity index (χ4v) is 0.597. The summed E-state index contributed by atoms with van der Waals surface area (Å²) >= 11 is 10.6. The van der Waals surface area contributed by atoms with E-state index in [0.717, 1.165) is 0 Å². The largest absolute Gasteiger partial charge is 0.529 e. The first-order valence-corrected chi connectivity index (χ1v) is 2.75. The Hall–Kier alpha value is 0.564. The van der Waals surface area contributed by atoms with Gasteiger partial charge in [0.2, 0.25) is 0 Å². The van der Waals surface area contributed by atoms with Crippen LogP contribution in [0.2, 0.25) is 10.4 Å². The molecule has 0 aliphatic carbocycles. The molecule has 1 aromatic heterocycles. The van der Waals surface area contributed by atoms with Gasteiger partial charge in [-0.05, 0) is 6.20 Å². The molecule has 1 N–H and O–H groups in total. The number of aromatic nitrogens is 2. The van der Waals surface area contributed by atoms with E-state index < -0.39 is 0 Å². The summed E-state index contributed by atoms with van der Waals surface area (Å²) in [5, 5.41) is 8.55. The van der Waals surface area contributed by atoms with Gasteiger partial charge < -0.3 is 15.1 Å². The van der Waals surface area contributed by atoms with E-state index in [1.54, 1.807) is 0 Å². The first kappa shape index (κ1) is 10.6. The molecule has 1 radical (unpaired) electrons. The summed E-state index contributed by atoms with van der Waals surface area (Å²) in [5.41, 5.74) is 0. The zero-order chi connectivity index (χ0) is 6.85. The van der Waals surface area contributed by atoms with Crippen LogP contribution in [0.25, 0.3) is 0 Å². The van der Waals surface area contributed by atoms with Crippen LogP contribution in [0.5, 0.6) is 5.75 Å². The molecule has 1 aromatic rings. The Balaban J connectivity index is 0.000000810. The Labute approximate surface area is 92.7 Å². The van der Waals surface area contributed by atoms with Crippen LogP contribution in [0.1, 0.15) is 0 Å². The third kappa shape index (κ3) is 2.66. The zero-order valence-electron chi connectivity index (χ0n) is 4.67. The third-order valence-corrected chi connectivity index (χ3v) is 1.07. The molecule has 6 heteroatoms. The SMILES string of the molecule is Oc1[c-]nc(Cl)nc1Cl.[Y]. The molecule has 0 spiro atoms. The molecule has 0 aliphatic rings. The molecule has 0 fully saturated rings. The summed E-state index contributed by atoms with van der Waals surface area (Å²) in [5.74, 6) is -0.291. The molecule has 1 heterocycles. The van der Waals surface area contributed by atoms with Crippen LogP contribution in [0, 0.1) is 6.20 Å². The minimum Gasteiger partial charge on any atom is -0.529 e. The quantitative estimate of drug-likeness (QED) is 0.430. The Bertz CT molecular complexity index is 232. The van der Waals surface area contributed by atoms with Crippen molar-refractivity contribution in [3.05, 3.63) is 16.6 Å². The number of rotatable bonds is 0. The van der Waals surface area contributed by atoms with Gasteiger partial charge in [-0.1, -0.05) is 0 Å². The van der Waals surface area contributed by atoms with Crippen LogP contribution in [-0.4, -0.2) is 15.1 Å². The van der Waals surface area contributed by atoms with Gasteiger partial charge in [0.05, 0.1) is 10.9 Å². The fourth-order valence-electron chi connectivity index (χ4n) is 0.304. The average Bonchev–Trinajstić information content (AvgIpc) is 1.80. The van der Waals surface area contributed by atoms with Crippen LogP contribution in [-0.2, 0) is 32.7 Å². The van der Waals surface area contributed by atoms with E-state index in [1.165, 1.54) is 0 Å². The zero-order valence-corrected chi connectivity index (χ0v) is 9.03. The van der Waals surface area contributed by atoms with Crippen LogP contribution < -0.4 is 0 Å². The molecule has 0 bridgehead atoms. The molecule has 3 nitrogen and oxygen atoms in total. The van der Waals surface area contributed by atoms with Gasteiger partial charge in [0.15, 0.2) is 0 Å². The molecular formula is C4HCl2N2OY-. The minimum atomic E-state index is -0.291. The molecule has 0 saturated heterocycles. The summed E-state index contributed by atoms with van der Waals surface area (Å²) in [6.07, 6.45) is 2.15. The van der Waals surface area contributed by atoms with Gasteiger partial charge in [-0.25, -0.2) is 0 Å². The first-order valence-electron chi connectivity index (χ1n) is 2.00. The van der Waals surface area contributed by atoms with Crippen molar-refractivity contribution >= 4 is 23.2 Å². The van der Waals surface area contributed by atoms with E-state index in [0.29, 0.717) is 0 Å². The van der Waals surface area contributed by atoms with Crippen LogP contribution in [0.15, 0.2) is 0 Å². The minimum absolute atomic E-state index is 0. The molecule has 0 aromatic carbocycles. The topological polar surface area (TPSA) is 46.0 Å². The van der Waals surface area contributed by atoms with Crippen molar-refractivity contribution in [2.75, 3.05) is 0 Å². The molecule has 0 amide bonds. The second-order valence-corrected chi connectivity index (χ2v) is 1.94. The molecule has 0 aliphatic heterocycles. The van der Waals surface area contributed by atoms with E-state index in [-0.39, 0.29) is 48.9 Å². The number of hydrogen-bond donors (Lipinski definition) is 1. The Morgan fingerprint density at radius 2 is 2.00 bits per heavy atom. The average molecular weight is 253 g/mol. The van der Waals surface area contributed by atoms with Crippen LogP contribution in [0.4, 0.5) is 0 Å². The van der Waals surface area contributed by atoms with Crippen molar-refractivity contribution in [3.8, 4) is 5.75 Å². The summed E-state index contributed by atoms with van der Waals surface area (Å²) in [4.78, 5) is 6.75. The predicted molar refractivity (Wildman–Crippen MR) is 32.6 cm³/mol. The third-order valence-electron chi connectivity index (χ3n) is 0.640. The normalized spacial score (nSPS) is 8.60. The molecule has 1 rings (SSSR count). The van der Waals surface area contributed by atoms with Gasteiger partial charge in [-0.3, -0.25) is 0 Å². The van der Waals surface area contributed by atoms with Crippen LogP contribution in [0.3, 0.4) is 0 Å². The molecule has 0 saturated carbocycles. The summed E-state index contributed by atoms with van der Waals surface area (Å²) in [6.45, 7) is 0. The van der Waals surface area contributed by atoms with Gasteiger partial charge in [-0.2, -0.15) is 0 Å². The van der Waals surface area contributed by atoms with E-state index in [4.69, 9.17) is 28.3 Å². The van der Waals surface area contributed by atoms with Gasteiger partial charge >= 0.3 is 0 Å². The number of halogens is 2. The Kier molecular flexibility index (Phi) is 4.69. The summed E-state index contributed by atoms with van der Waals surface area (Å²) in [7, 11) is 0. The summed E-state index contributed by atoms with van der Waals surface area (Å²) < 4.78 is 0. The molecular weight excluding hydrogens is 252 g/mol. The van der Waals surface area contributed by atoms with Crippen molar-refractivity contribution in [1.29, 1.82) is 0 Å². The maximum Gasteiger partial charge on any atom is 0.106 e. The Morgan fingerprint density at radius 3 is 2.40 bits per heavy atom. The van der Waals surface area contributed by atoms with E-state index >= 15 is 0 Å². The van der Waals surface area contributed by atoms with Crippen molar-refractivity contribution in [3.63, 3.8) is 0 Å². The first-order chi connectivity index (χ1) is 4.20. The molecule has 51 valence electrons. The number of nitrogens with zero attached hydrogens (tertiary/aromatic N) is 2. The molecule has 0 unspecified atom stereocenters. The second-order valence-electron chi connectivity index (χ2n) is 1.24. The van der Waals surface area contributed by atoms with Gasteiger partial charge in [-0.15, -0.1) is 23.2 Å².